The van der Waals surface area contributed by atoms with Gasteiger partial charge in [0.1, 0.15) is 5.82 Å². The van der Waals surface area contributed by atoms with Crippen LogP contribution in [0.4, 0.5) is 4.39 Å². The highest BCUT2D eigenvalue weighted by Crippen LogP contribution is 2.39. The summed E-state index contributed by atoms with van der Waals surface area (Å²) < 4.78 is 25.2. The largest absolute Gasteiger partial charge is 0.459 e. The summed E-state index contributed by atoms with van der Waals surface area (Å²) in [6, 6.07) is 6.35. The van der Waals surface area contributed by atoms with E-state index >= 15 is 0 Å². The van der Waals surface area contributed by atoms with Crippen LogP contribution in [-0.4, -0.2) is 48.5 Å². The number of carbonyl (C=O) groups excluding carboxylic acids is 1. The number of aliphatic hydroxyl groups excluding tert-OH is 1. The zero-order valence-electron chi connectivity index (χ0n) is 15.8. The number of nitrogens with zero attached hydrogens (tertiary/aromatic N) is 1. The first-order valence-electron chi connectivity index (χ1n) is 9.79. The Morgan fingerprint density at radius 3 is 2.63 bits per heavy atom. The molecule has 3 atom stereocenters. The third-order valence-electron chi connectivity index (χ3n) is 5.27. The second-order valence-corrected chi connectivity index (χ2v) is 7.08. The van der Waals surface area contributed by atoms with Gasteiger partial charge in [0.2, 0.25) is 6.29 Å². The van der Waals surface area contributed by atoms with Crippen LogP contribution in [-0.2, 0) is 14.3 Å². The molecule has 1 aromatic rings. The van der Waals surface area contributed by atoms with E-state index in [1.165, 1.54) is 12.1 Å². The number of rotatable bonds is 7. The lowest BCUT2D eigenvalue weighted by molar-refractivity contribution is -0.170. The van der Waals surface area contributed by atoms with Crippen molar-refractivity contribution in [3.8, 4) is 0 Å². The van der Waals surface area contributed by atoms with E-state index in [1.807, 2.05) is 17.9 Å². The molecule has 0 radical (unpaired) electrons. The highest BCUT2D eigenvalue weighted by molar-refractivity contribution is 5.92. The minimum absolute atomic E-state index is 0.0577. The van der Waals surface area contributed by atoms with Gasteiger partial charge in [0.05, 0.1) is 0 Å². The van der Waals surface area contributed by atoms with E-state index in [0.29, 0.717) is 25.2 Å². The lowest BCUT2D eigenvalue weighted by Crippen LogP contribution is -2.39. The minimum atomic E-state index is -0.567. The number of benzene rings is 1. The number of ether oxygens (including phenoxy) is 2. The third-order valence-corrected chi connectivity index (χ3v) is 5.27. The lowest BCUT2D eigenvalue weighted by atomic mass is 9.80. The van der Waals surface area contributed by atoms with Gasteiger partial charge in [-0.15, -0.1) is 0 Å². The maximum absolute atomic E-state index is 13.4. The van der Waals surface area contributed by atoms with Crippen LogP contribution in [0, 0.1) is 11.7 Å². The SMILES string of the molecule is CCO[C@@H]1OC(C(=O)N2CCCC2)=C[C@H](c2ccc(F)cc2)[C@H]1CCCO. The Morgan fingerprint density at radius 2 is 2.00 bits per heavy atom. The quantitative estimate of drug-likeness (QED) is 0.793. The molecule has 148 valence electrons. The van der Waals surface area contributed by atoms with Crippen LogP contribution in [0.2, 0.25) is 0 Å². The first-order chi connectivity index (χ1) is 13.1. The topological polar surface area (TPSA) is 59.0 Å². The Kier molecular flexibility index (Phi) is 6.85. The van der Waals surface area contributed by atoms with Crippen molar-refractivity contribution < 1.29 is 23.8 Å². The predicted octanol–water partition coefficient (Wildman–Crippen LogP) is 3.20. The molecule has 1 aromatic carbocycles. The van der Waals surface area contributed by atoms with Crippen molar-refractivity contribution in [2.45, 2.75) is 44.8 Å². The molecule has 0 spiro atoms. The summed E-state index contributed by atoms with van der Waals surface area (Å²) in [5.41, 5.74) is 0.916. The van der Waals surface area contributed by atoms with Crippen molar-refractivity contribution >= 4 is 5.91 Å². The molecule has 2 heterocycles. The van der Waals surface area contributed by atoms with Gasteiger partial charge >= 0.3 is 0 Å². The van der Waals surface area contributed by atoms with E-state index in [1.54, 1.807) is 12.1 Å². The van der Waals surface area contributed by atoms with Gasteiger partial charge in [0.25, 0.3) is 5.91 Å². The lowest BCUT2D eigenvalue weighted by Gasteiger charge is -2.37. The van der Waals surface area contributed by atoms with E-state index in [2.05, 4.69) is 0 Å². The second-order valence-electron chi connectivity index (χ2n) is 7.08. The fourth-order valence-corrected chi connectivity index (χ4v) is 3.90. The maximum atomic E-state index is 13.4. The molecular formula is C21H28FNO4. The van der Waals surface area contributed by atoms with Crippen molar-refractivity contribution in [2.75, 3.05) is 26.3 Å². The maximum Gasteiger partial charge on any atom is 0.288 e. The van der Waals surface area contributed by atoms with Crippen molar-refractivity contribution in [1.29, 1.82) is 0 Å². The molecule has 1 amide bonds. The van der Waals surface area contributed by atoms with Crippen molar-refractivity contribution in [3.05, 3.63) is 47.5 Å². The van der Waals surface area contributed by atoms with Gasteiger partial charge in [-0.25, -0.2) is 4.39 Å². The number of likely N-dealkylation sites (tertiary alicyclic amines) is 1. The highest BCUT2D eigenvalue weighted by atomic mass is 19.1. The van der Waals surface area contributed by atoms with Gasteiger partial charge in [-0.05, 0) is 56.4 Å². The minimum Gasteiger partial charge on any atom is -0.459 e. The molecule has 0 aliphatic carbocycles. The van der Waals surface area contributed by atoms with E-state index in [9.17, 15) is 14.3 Å². The van der Waals surface area contributed by atoms with Gasteiger partial charge in [-0.3, -0.25) is 4.79 Å². The fourth-order valence-electron chi connectivity index (χ4n) is 3.90. The molecule has 1 saturated heterocycles. The van der Waals surface area contributed by atoms with Gasteiger partial charge in [0.15, 0.2) is 5.76 Å². The number of hydrogen-bond acceptors (Lipinski definition) is 4. The Labute approximate surface area is 159 Å². The average Bonchev–Trinajstić information content (AvgIpc) is 3.21. The Hall–Kier alpha value is -1.92. The second kappa shape index (κ2) is 9.33. The molecule has 1 fully saturated rings. The van der Waals surface area contributed by atoms with Crippen LogP contribution >= 0.6 is 0 Å². The van der Waals surface area contributed by atoms with E-state index in [4.69, 9.17) is 9.47 Å². The summed E-state index contributed by atoms with van der Waals surface area (Å²) in [5.74, 6) is -0.284. The molecule has 0 unspecified atom stereocenters. The predicted molar refractivity (Wildman–Crippen MR) is 99.3 cm³/mol. The molecular weight excluding hydrogens is 349 g/mol. The first kappa shape index (κ1) is 19.8. The summed E-state index contributed by atoms with van der Waals surface area (Å²) >= 11 is 0. The van der Waals surface area contributed by atoms with Crippen LogP contribution < -0.4 is 0 Å². The monoisotopic (exact) mass is 377 g/mol. The zero-order chi connectivity index (χ0) is 19.2. The third kappa shape index (κ3) is 4.68. The highest BCUT2D eigenvalue weighted by Gasteiger charge is 2.39. The number of hydrogen-bond donors (Lipinski definition) is 1. The van der Waals surface area contributed by atoms with Crippen LogP contribution in [0.25, 0.3) is 0 Å². The molecule has 5 nitrogen and oxygen atoms in total. The summed E-state index contributed by atoms with van der Waals surface area (Å²) in [6.45, 7) is 3.91. The van der Waals surface area contributed by atoms with Crippen molar-refractivity contribution in [3.63, 3.8) is 0 Å². The Morgan fingerprint density at radius 1 is 1.30 bits per heavy atom. The number of carbonyl (C=O) groups is 1. The fraction of sp³-hybridized carbons (Fsp3) is 0.571. The van der Waals surface area contributed by atoms with Gasteiger partial charge in [-0.1, -0.05) is 12.1 Å². The first-order valence-corrected chi connectivity index (χ1v) is 9.79. The smallest absolute Gasteiger partial charge is 0.288 e. The Balaban J connectivity index is 1.93. The molecule has 0 saturated carbocycles. The average molecular weight is 377 g/mol. The van der Waals surface area contributed by atoms with E-state index < -0.39 is 6.29 Å². The number of aliphatic hydroxyl groups is 1. The van der Waals surface area contributed by atoms with Crippen LogP contribution in [0.3, 0.4) is 0 Å². The summed E-state index contributed by atoms with van der Waals surface area (Å²) in [7, 11) is 0. The molecule has 0 aromatic heterocycles. The number of amides is 1. The van der Waals surface area contributed by atoms with Crippen LogP contribution in [0.5, 0.6) is 0 Å². The molecule has 2 aliphatic rings. The summed E-state index contributed by atoms with van der Waals surface area (Å²) in [4.78, 5) is 14.7. The summed E-state index contributed by atoms with van der Waals surface area (Å²) in [5, 5.41) is 9.28. The van der Waals surface area contributed by atoms with Gasteiger partial charge < -0.3 is 19.5 Å². The number of allylic oxidation sites excluding steroid dienone is 1. The molecule has 1 N–H and O–H groups in total. The Bertz CT molecular complexity index is 655. The van der Waals surface area contributed by atoms with Crippen molar-refractivity contribution in [2.24, 2.45) is 5.92 Å². The van der Waals surface area contributed by atoms with Gasteiger partial charge in [0, 0.05) is 38.1 Å². The van der Waals surface area contributed by atoms with E-state index in [-0.39, 0.29) is 30.2 Å². The molecule has 27 heavy (non-hydrogen) atoms. The van der Waals surface area contributed by atoms with Crippen LogP contribution in [0.1, 0.15) is 44.1 Å². The van der Waals surface area contributed by atoms with Gasteiger partial charge in [-0.2, -0.15) is 0 Å². The normalized spacial score (nSPS) is 25.2. The molecule has 3 rings (SSSR count). The van der Waals surface area contributed by atoms with Crippen LogP contribution in [0.15, 0.2) is 36.1 Å². The molecule has 6 heteroatoms. The van der Waals surface area contributed by atoms with E-state index in [0.717, 1.165) is 31.5 Å². The van der Waals surface area contributed by atoms with Crippen molar-refractivity contribution in [1.82, 2.24) is 4.90 Å². The zero-order valence-corrected chi connectivity index (χ0v) is 15.8. The molecule has 2 aliphatic heterocycles. The molecule has 0 bridgehead atoms. The number of halogens is 1. The summed E-state index contributed by atoms with van der Waals surface area (Å²) in [6.07, 6.45) is 4.60. The standard InChI is InChI=1S/C21H28FNO4/c1-2-26-21-17(6-5-13-24)18(15-7-9-16(22)10-8-15)14-19(27-21)20(25)23-11-3-4-12-23/h7-10,14,17-18,21,24H,2-6,11-13H2,1H3/t17-,18-,21-/m1/s1.